The molecular formula is C4H8F3NO. The van der Waals surface area contributed by atoms with E-state index < -0.39 is 25.2 Å². The van der Waals surface area contributed by atoms with Crippen molar-refractivity contribution in [1.29, 1.82) is 0 Å². The van der Waals surface area contributed by atoms with E-state index in [0.717, 1.165) is 0 Å². The van der Waals surface area contributed by atoms with Gasteiger partial charge in [-0.05, 0) is 0 Å². The van der Waals surface area contributed by atoms with Gasteiger partial charge in [0, 0.05) is 6.04 Å². The maximum atomic E-state index is 11.3. The van der Waals surface area contributed by atoms with E-state index in [0.29, 0.717) is 0 Å². The Labute approximate surface area is 50.5 Å². The van der Waals surface area contributed by atoms with Crippen molar-refractivity contribution in [1.82, 2.24) is 0 Å². The van der Waals surface area contributed by atoms with Crippen molar-refractivity contribution < 1.29 is 18.3 Å². The van der Waals surface area contributed by atoms with Crippen molar-refractivity contribution in [2.75, 3.05) is 6.61 Å². The van der Waals surface area contributed by atoms with Gasteiger partial charge >= 0.3 is 6.18 Å². The molecule has 9 heavy (non-hydrogen) atoms. The molecule has 0 aliphatic carbocycles. The van der Waals surface area contributed by atoms with Crippen LogP contribution in [0.5, 0.6) is 0 Å². The van der Waals surface area contributed by atoms with Gasteiger partial charge in [0.1, 0.15) is 0 Å². The fraction of sp³-hybridized carbons (Fsp3) is 1.00. The summed E-state index contributed by atoms with van der Waals surface area (Å²) in [4.78, 5) is 0. The maximum absolute atomic E-state index is 11.3. The quantitative estimate of drug-likeness (QED) is 0.582. The zero-order valence-corrected chi connectivity index (χ0v) is 4.65. The molecule has 5 heteroatoms. The van der Waals surface area contributed by atoms with Crippen LogP contribution in [0.1, 0.15) is 6.42 Å². The summed E-state index contributed by atoms with van der Waals surface area (Å²) in [6.45, 7) is -0.625. The molecule has 0 aliphatic rings. The van der Waals surface area contributed by atoms with Gasteiger partial charge in [-0.25, -0.2) is 0 Å². The number of alkyl halides is 3. The fourth-order valence-corrected chi connectivity index (χ4v) is 0.362. The van der Waals surface area contributed by atoms with Crippen molar-refractivity contribution in [3.8, 4) is 0 Å². The minimum absolute atomic E-state index is 0.625. The molecule has 0 saturated carbocycles. The third-order valence-electron chi connectivity index (χ3n) is 0.728. The van der Waals surface area contributed by atoms with Gasteiger partial charge in [-0.2, -0.15) is 13.2 Å². The van der Waals surface area contributed by atoms with Gasteiger partial charge in [0.25, 0.3) is 0 Å². The number of halogens is 3. The SMILES string of the molecule is N[C@@H](CO)CC(F)(F)F. The van der Waals surface area contributed by atoms with Gasteiger partial charge in [0.2, 0.25) is 0 Å². The van der Waals surface area contributed by atoms with Gasteiger partial charge < -0.3 is 10.8 Å². The number of aliphatic hydroxyl groups excluding tert-OH is 1. The largest absolute Gasteiger partial charge is 0.395 e. The summed E-state index contributed by atoms with van der Waals surface area (Å²) in [6.07, 6.45) is -5.38. The molecule has 0 bridgehead atoms. The Morgan fingerprint density at radius 3 is 2.00 bits per heavy atom. The van der Waals surface area contributed by atoms with E-state index in [1.165, 1.54) is 0 Å². The highest BCUT2D eigenvalue weighted by Gasteiger charge is 2.29. The summed E-state index contributed by atoms with van der Waals surface area (Å²) < 4.78 is 33.9. The second-order valence-corrected chi connectivity index (χ2v) is 1.76. The van der Waals surface area contributed by atoms with Crippen molar-refractivity contribution in [2.24, 2.45) is 5.73 Å². The molecule has 0 aromatic carbocycles. The van der Waals surface area contributed by atoms with Crippen molar-refractivity contribution in [2.45, 2.75) is 18.6 Å². The lowest BCUT2D eigenvalue weighted by atomic mass is 10.2. The molecule has 0 fully saturated rings. The van der Waals surface area contributed by atoms with Gasteiger partial charge in [0.15, 0.2) is 0 Å². The molecule has 0 aromatic heterocycles. The number of rotatable bonds is 2. The zero-order chi connectivity index (χ0) is 7.49. The fourth-order valence-electron chi connectivity index (χ4n) is 0.362. The minimum atomic E-state index is -4.26. The Bertz CT molecular complexity index is 82.4. The number of hydrogen-bond acceptors (Lipinski definition) is 2. The standard InChI is InChI=1S/C4H8F3NO/c5-4(6,7)1-3(8)2-9/h3,9H,1-2,8H2/t3-/m1/s1. The molecule has 2 nitrogen and oxygen atoms in total. The van der Waals surface area contributed by atoms with E-state index in [2.05, 4.69) is 0 Å². The van der Waals surface area contributed by atoms with Crippen LogP contribution in [0.15, 0.2) is 0 Å². The highest BCUT2D eigenvalue weighted by atomic mass is 19.4. The first-order valence-electron chi connectivity index (χ1n) is 2.39. The first kappa shape index (κ1) is 8.71. The van der Waals surface area contributed by atoms with Crippen LogP contribution in [0.3, 0.4) is 0 Å². The Kier molecular flexibility index (Phi) is 2.93. The maximum Gasteiger partial charge on any atom is 0.390 e. The molecule has 0 radical (unpaired) electrons. The monoisotopic (exact) mass is 143 g/mol. The predicted octanol–water partition coefficient (Wildman–Crippen LogP) is 0.258. The van der Waals surface area contributed by atoms with E-state index in [9.17, 15) is 13.2 Å². The lowest BCUT2D eigenvalue weighted by Crippen LogP contribution is -2.30. The van der Waals surface area contributed by atoms with Gasteiger partial charge in [-0.15, -0.1) is 0 Å². The summed E-state index contributed by atoms with van der Waals surface area (Å²) in [7, 11) is 0. The third kappa shape index (κ3) is 5.58. The van der Waals surface area contributed by atoms with Crippen molar-refractivity contribution in [3.63, 3.8) is 0 Å². The molecule has 0 unspecified atom stereocenters. The third-order valence-corrected chi connectivity index (χ3v) is 0.728. The molecule has 0 spiro atoms. The Balaban J connectivity index is 3.47. The highest BCUT2D eigenvalue weighted by Crippen LogP contribution is 2.20. The smallest absolute Gasteiger partial charge is 0.390 e. The first-order chi connectivity index (χ1) is 3.95. The van der Waals surface area contributed by atoms with Gasteiger partial charge in [-0.1, -0.05) is 0 Å². The van der Waals surface area contributed by atoms with E-state index in [1.54, 1.807) is 0 Å². The Morgan fingerprint density at radius 1 is 1.44 bits per heavy atom. The highest BCUT2D eigenvalue weighted by molar-refractivity contribution is 4.63. The van der Waals surface area contributed by atoms with Gasteiger partial charge in [0.05, 0.1) is 13.0 Å². The summed E-state index contributed by atoms with van der Waals surface area (Å²) in [5.74, 6) is 0. The molecule has 0 heterocycles. The normalized spacial score (nSPS) is 15.7. The average Bonchev–Trinajstić information content (AvgIpc) is 1.62. The van der Waals surface area contributed by atoms with Crippen LogP contribution in [0.25, 0.3) is 0 Å². The van der Waals surface area contributed by atoms with E-state index >= 15 is 0 Å². The van der Waals surface area contributed by atoms with Crippen LogP contribution in [0, 0.1) is 0 Å². The molecule has 3 N–H and O–H groups in total. The lowest BCUT2D eigenvalue weighted by molar-refractivity contribution is -0.140. The molecule has 0 saturated heterocycles. The van der Waals surface area contributed by atoms with Crippen molar-refractivity contribution >= 4 is 0 Å². The first-order valence-corrected chi connectivity index (χ1v) is 2.39. The average molecular weight is 143 g/mol. The summed E-state index contributed by atoms with van der Waals surface area (Å²) in [5, 5.41) is 8.07. The van der Waals surface area contributed by atoms with Crippen LogP contribution in [-0.4, -0.2) is 23.9 Å². The van der Waals surface area contributed by atoms with Crippen LogP contribution in [0.4, 0.5) is 13.2 Å². The summed E-state index contributed by atoms with van der Waals surface area (Å²) >= 11 is 0. The Morgan fingerprint density at radius 2 is 1.89 bits per heavy atom. The van der Waals surface area contributed by atoms with Crippen molar-refractivity contribution in [3.05, 3.63) is 0 Å². The predicted molar refractivity (Wildman–Crippen MR) is 25.7 cm³/mol. The number of hydrogen-bond donors (Lipinski definition) is 2. The van der Waals surface area contributed by atoms with E-state index in [1.807, 2.05) is 0 Å². The minimum Gasteiger partial charge on any atom is -0.395 e. The van der Waals surface area contributed by atoms with Crippen LogP contribution in [-0.2, 0) is 0 Å². The molecule has 0 aliphatic heterocycles. The molecule has 1 atom stereocenters. The number of nitrogens with two attached hydrogens (primary N) is 1. The summed E-state index contributed by atoms with van der Waals surface area (Å²) in [5.41, 5.74) is 4.79. The molecule has 56 valence electrons. The molecule has 0 aromatic rings. The van der Waals surface area contributed by atoms with Crippen LogP contribution in [0.2, 0.25) is 0 Å². The topological polar surface area (TPSA) is 46.2 Å². The van der Waals surface area contributed by atoms with E-state index in [4.69, 9.17) is 10.8 Å². The zero-order valence-electron chi connectivity index (χ0n) is 4.65. The number of aliphatic hydroxyl groups is 1. The second kappa shape index (κ2) is 3.03. The molecule has 0 amide bonds. The van der Waals surface area contributed by atoms with E-state index in [-0.39, 0.29) is 0 Å². The lowest BCUT2D eigenvalue weighted by Gasteiger charge is -2.09. The molecular weight excluding hydrogens is 135 g/mol. The Hall–Kier alpha value is -0.290. The van der Waals surface area contributed by atoms with Crippen LogP contribution >= 0.6 is 0 Å². The van der Waals surface area contributed by atoms with Gasteiger partial charge in [-0.3, -0.25) is 0 Å². The van der Waals surface area contributed by atoms with Crippen LogP contribution < -0.4 is 5.73 Å². The molecule has 0 rings (SSSR count). The second-order valence-electron chi connectivity index (χ2n) is 1.76. The summed E-state index contributed by atoms with van der Waals surface area (Å²) in [6, 6.07) is -1.18.